The first-order chi connectivity index (χ1) is 9.17. The summed E-state index contributed by atoms with van der Waals surface area (Å²) in [5.41, 5.74) is 1.03. The normalized spacial score (nSPS) is 12.2. The molecule has 0 fully saturated rings. The molecule has 0 radical (unpaired) electrons. The molecule has 0 aliphatic carbocycles. The van der Waals surface area contributed by atoms with E-state index >= 15 is 0 Å². The smallest absolute Gasteiger partial charge is 0.234 e. The molecule has 0 saturated carbocycles. The summed E-state index contributed by atoms with van der Waals surface area (Å²) >= 11 is 5.96. The van der Waals surface area contributed by atoms with Crippen LogP contribution < -0.4 is 10.6 Å². The maximum absolute atomic E-state index is 11.8. The van der Waals surface area contributed by atoms with Crippen molar-refractivity contribution >= 4 is 17.5 Å². The van der Waals surface area contributed by atoms with Crippen LogP contribution in [0.5, 0.6) is 0 Å². The second kappa shape index (κ2) is 8.91. The summed E-state index contributed by atoms with van der Waals surface area (Å²) in [4.78, 5) is 11.8. The lowest BCUT2D eigenvalue weighted by molar-refractivity contribution is -0.121. The van der Waals surface area contributed by atoms with E-state index in [-0.39, 0.29) is 11.9 Å². The van der Waals surface area contributed by atoms with Gasteiger partial charge in [-0.15, -0.1) is 0 Å². The number of carbonyl (C=O) groups is 1. The molecule has 1 rings (SSSR count). The summed E-state index contributed by atoms with van der Waals surface area (Å²) in [6.45, 7) is 3.58. The number of methoxy groups -OCH3 is 1. The van der Waals surface area contributed by atoms with Crippen LogP contribution in [0.25, 0.3) is 0 Å². The molecule has 0 aliphatic rings. The third kappa shape index (κ3) is 6.05. The molecule has 106 valence electrons. The Hall–Kier alpha value is -1.10. The van der Waals surface area contributed by atoms with Crippen LogP contribution in [0.15, 0.2) is 24.3 Å². The molecule has 19 heavy (non-hydrogen) atoms. The van der Waals surface area contributed by atoms with Crippen molar-refractivity contribution in [2.45, 2.75) is 19.4 Å². The molecule has 1 atom stereocenters. The first-order valence-electron chi connectivity index (χ1n) is 6.41. The standard InChI is InChI=1S/C14H21ClN2O2/c1-3-13(11-5-4-6-12(15)9-11)17-14(18)10-16-7-8-19-2/h4-6,9,13,16H,3,7-8,10H2,1-2H3,(H,17,18). The quantitative estimate of drug-likeness (QED) is 0.719. The fourth-order valence-electron chi connectivity index (χ4n) is 1.77. The topological polar surface area (TPSA) is 50.4 Å². The number of halogens is 1. The van der Waals surface area contributed by atoms with Gasteiger partial charge in [0.15, 0.2) is 0 Å². The maximum Gasteiger partial charge on any atom is 0.234 e. The van der Waals surface area contributed by atoms with Gasteiger partial charge in [0.25, 0.3) is 0 Å². The van der Waals surface area contributed by atoms with E-state index in [2.05, 4.69) is 10.6 Å². The molecule has 2 N–H and O–H groups in total. The number of ether oxygens (including phenoxy) is 1. The molecule has 0 bridgehead atoms. The SMILES string of the molecule is CCC(NC(=O)CNCCOC)c1cccc(Cl)c1. The number of carbonyl (C=O) groups excluding carboxylic acids is 1. The minimum Gasteiger partial charge on any atom is -0.383 e. The minimum atomic E-state index is -0.0251. The highest BCUT2D eigenvalue weighted by Gasteiger charge is 2.12. The molecule has 4 nitrogen and oxygen atoms in total. The lowest BCUT2D eigenvalue weighted by Crippen LogP contribution is -2.37. The zero-order valence-corrected chi connectivity index (χ0v) is 12.2. The van der Waals surface area contributed by atoms with Crippen LogP contribution in [0.3, 0.4) is 0 Å². The minimum absolute atomic E-state index is 0.00424. The van der Waals surface area contributed by atoms with Gasteiger partial charge in [0, 0.05) is 18.7 Å². The van der Waals surface area contributed by atoms with Crippen molar-refractivity contribution in [1.29, 1.82) is 0 Å². The third-order valence-corrected chi connectivity index (χ3v) is 3.00. The Morgan fingerprint density at radius 2 is 2.26 bits per heavy atom. The Labute approximate surface area is 119 Å². The Morgan fingerprint density at radius 1 is 1.47 bits per heavy atom. The fraction of sp³-hybridized carbons (Fsp3) is 0.500. The molecule has 1 amide bonds. The van der Waals surface area contributed by atoms with Gasteiger partial charge >= 0.3 is 0 Å². The van der Waals surface area contributed by atoms with Crippen molar-refractivity contribution in [2.24, 2.45) is 0 Å². The Bertz CT molecular complexity index is 399. The van der Waals surface area contributed by atoms with Crippen LogP contribution in [0.1, 0.15) is 24.9 Å². The second-order valence-corrected chi connectivity index (χ2v) is 4.69. The summed E-state index contributed by atoms with van der Waals surface area (Å²) < 4.78 is 4.90. The lowest BCUT2D eigenvalue weighted by atomic mass is 10.0. The van der Waals surface area contributed by atoms with Gasteiger partial charge in [0.2, 0.25) is 5.91 Å². The lowest BCUT2D eigenvalue weighted by Gasteiger charge is -2.18. The highest BCUT2D eigenvalue weighted by atomic mass is 35.5. The summed E-state index contributed by atoms with van der Waals surface area (Å²) in [5.74, 6) is -0.0251. The van der Waals surface area contributed by atoms with Crippen molar-refractivity contribution in [3.8, 4) is 0 Å². The first-order valence-corrected chi connectivity index (χ1v) is 6.79. The Kier molecular flexibility index (Phi) is 7.48. The number of benzene rings is 1. The van der Waals surface area contributed by atoms with Crippen LogP contribution >= 0.6 is 11.6 Å². The molecule has 5 heteroatoms. The second-order valence-electron chi connectivity index (χ2n) is 4.25. The Balaban J connectivity index is 2.46. The number of amides is 1. The van der Waals surface area contributed by atoms with Crippen LogP contribution in [0.4, 0.5) is 0 Å². The van der Waals surface area contributed by atoms with E-state index in [1.54, 1.807) is 7.11 Å². The highest BCUT2D eigenvalue weighted by Crippen LogP contribution is 2.20. The van der Waals surface area contributed by atoms with Gasteiger partial charge in [-0.1, -0.05) is 30.7 Å². The third-order valence-electron chi connectivity index (χ3n) is 2.76. The number of nitrogens with one attached hydrogen (secondary N) is 2. The van der Waals surface area contributed by atoms with Crippen molar-refractivity contribution < 1.29 is 9.53 Å². The molecular formula is C14H21ClN2O2. The predicted octanol–water partition coefficient (Wildman–Crippen LogP) is 2.14. The van der Waals surface area contributed by atoms with Gasteiger partial charge in [-0.3, -0.25) is 4.79 Å². The van der Waals surface area contributed by atoms with Gasteiger partial charge in [-0.2, -0.15) is 0 Å². The van der Waals surface area contributed by atoms with E-state index in [1.807, 2.05) is 31.2 Å². The van der Waals surface area contributed by atoms with E-state index < -0.39 is 0 Å². The van der Waals surface area contributed by atoms with Crippen molar-refractivity contribution in [1.82, 2.24) is 10.6 Å². The van der Waals surface area contributed by atoms with Gasteiger partial charge in [0.05, 0.1) is 19.2 Å². The summed E-state index contributed by atoms with van der Waals surface area (Å²) in [5, 5.41) is 6.69. The highest BCUT2D eigenvalue weighted by molar-refractivity contribution is 6.30. The summed E-state index contributed by atoms with van der Waals surface area (Å²) in [6.07, 6.45) is 0.824. The molecule has 0 spiro atoms. The zero-order valence-electron chi connectivity index (χ0n) is 11.4. The largest absolute Gasteiger partial charge is 0.383 e. The van der Waals surface area contributed by atoms with Gasteiger partial charge in [-0.05, 0) is 24.1 Å². The maximum atomic E-state index is 11.8. The van der Waals surface area contributed by atoms with E-state index in [0.717, 1.165) is 12.0 Å². The molecule has 0 aliphatic heterocycles. The van der Waals surface area contributed by atoms with E-state index in [1.165, 1.54) is 0 Å². The van der Waals surface area contributed by atoms with Crippen LogP contribution in [0.2, 0.25) is 5.02 Å². The van der Waals surface area contributed by atoms with Crippen LogP contribution in [-0.2, 0) is 9.53 Å². The van der Waals surface area contributed by atoms with E-state index in [4.69, 9.17) is 16.3 Å². The zero-order chi connectivity index (χ0) is 14.1. The van der Waals surface area contributed by atoms with Crippen molar-refractivity contribution in [2.75, 3.05) is 26.8 Å². The molecule has 0 saturated heterocycles. The summed E-state index contributed by atoms with van der Waals surface area (Å²) in [7, 11) is 1.63. The molecular weight excluding hydrogens is 264 g/mol. The number of hydrogen-bond donors (Lipinski definition) is 2. The molecule has 0 heterocycles. The Morgan fingerprint density at radius 3 is 2.89 bits per heavy atom. The average molecular weight is 285 g/mol. The predicted molar refractivity (Wildman–Crippen MR) is 77.4 cm³/mol. The van der Waals surface area contributed by atoms with Gasteiger partial charge in [-0.25, -0.2) is 0 Å². The van der Waals surface area contributed by atoms with Gasteiger partial charge < -0.3 is 15.4 Å². The molecule has 1 aromatic carbocycles. The molecule has 1 aromatic rings. The van der Waals surface area contributed by atoms with Gasteiger partial charge in [0.1, 0.15) is 0 Å². The fourth-order valence-corrected chi connectivity index (χ4v) is 1.96. The first kappa shape index (κ1) is 16.0. The van der Waals surface area contributed by atoms with Crippen LogP contribution in [-0.4, -0.2) is 32.7 Å². The monoisotopic (exact) mass is 284 g/mol. The average Bonchev–Trinajstić information content (AvgIpc) is 2.41. The molecule has 1 unspecified atom stereocenters. The summed E-state index contributed by atoms with van der Waals surface area (Å²) in [6, 6.07) is 7.57. The number of hydrogen-bond acceptors (Lipinski definition) is 3. The van der Waals surface area contributed by atoms with Crippen molar-refractivity contribution in [3.63, 3.8) is 0 Å². The van der Waals surface area contributed by atoms with Crippen LogP contribution in [0, 0.1) is 0 Å². The van der Waals surface area contributed by atoms with E-state index in [0.29, 0.717) is 24.7 Å². The number of rotatable bonds is 8. The molecule has 0 aromatic heterocycles. The van der Waals surface area contributed by atoms with E-state index in [9.17, 15) is 4.79 Å². The van der Waals surface area contributed by atoms with Crippen molar-refractivity contribution in [3.05, 3.63) is 34.9 Å².